The van der Waals surface area contributed by atoms with Crippen LogP contribution in [0, 0.1) is 5.92 Å². The van der Waals surface area contributed by atoms with Crippen LogP contribution in [0.3, 0.4) is 0 Å². The summed E-state index contributed by atoms with van der Waals surface area (Å²) in [5.74, 6) is 0.668. The largest absolute Gasteiger partial charge is 0.329 e. The molecule has 0 fully saturated rings. The standard InChI is InChI=1S/C14H21N3/c1-4-11(2)13(15-3)9-17-10-16-12-7-5-6-8-14(12)17/h5-8,10-11,13,15H,4,9H2,1-3H3. The Morgan fingerprint density at radius 1 is 1.35 bits per heavy atom. The monoisotopic (exact) mass is 231 g/mol. The van der Waals surface area contributed by atoms with Crippen molar-refractivity contribution in [3.63, 3.8) is 0 Å². The molecule has 2 aromatic rings. The van der Waals surface area contributed by atoms with Crippen molar-refractivity contribution in [2.75, 3.05) is 7.05 Å². The van der Waals surface area contributed by atoms with Crippen molar-refractivity contribution in [3.8, 4) is 0 Å². The molecule has 0 aliphatic rings. The van der Waals surface area contributed by atoms with Gasteiger partial charge in [-0.3, -0.25) is 0 Å². The number of hydrogen-bond donors (Lipinski definition) is 1. The number of benzene rings is 1. The summed E-state index contributed by atoms with van der Waals surface area (Å²) in [5.41, 5.74) is 2.29. The van der Waals surface area contributed by atoms with Gasteiger partial charge in [0.15, 0.2) is 0 Å². The zero-order chi connectivity index (χ0) is 12.3. The summed E-state index contributed by atoms with van der Waals surface area (Å²) >= 11 is 0. The Morgan fingerprint density at radius 3 is 2.82 bits per heavy atom. The van der Waals surface area contributed by atoms with Crippen molar-refractivity contribution in [2.45, 2.75) is 32.9 Å². The Hall–Kier alpha value is -1.35. The minimum Gasteiger partial charge on any atom is -0.329 e. The molecule has 2 rings (SSSR count). The average Bonchev–Trinajstić information content (AvgIpc) is 2.78. The number of likely N-dealkylation sites (N-methyl/N-ethyl adjacent to an activating group) is 1. The highest BCUT2D eigenvalue weighted by Crippen LogP contribution is 2.15. The van der Waals surface area contributed by atoms with Crippen LogP contribution in [0.2, 0.25) is 0 Å². The van der Waals surface area contributed by atoms with E-state index in [4.69, 9.17) is 0 Å². The summed E-state index contributed by atoms with van der Waals surface area (Å²) in [5, 5.41) is 3.41. The van der Waals surface area contributed by atoms with Gasteiger partial charge in [-0.05, 0) is 25.1 Å². The molecule has 3 heteroatoms. The molecule has 1 aromatic carbocycles. The van der Waals surface area contributed by atoms with Gasteiger partial charge in [0.2, 0.25) is 0 Å². The van der Waals surface area contributed by atoms with Gasteiger partial charge in [0.1, 0.15) is 0 Å². The summed E-state index contributed by atoms with van der Waals surface area (Å²) in [6.07, 6.45) is 3.13. The van der Waals surface area contributed by atoms with E-state index in [-0.39, 0.29) is 0 Å². The predicted molar refractivity (Wildman–Crippen MR) is 72.0 cm³/mol. The van der Waals surface area contributed by atoms with Crippen LogP contribution in [0.15, 0.2) is 30.6 Å². The van der Waals surface area contributed by atoms with Crippen LogP contribution in [0.25, 0.3) is 11.0 Å². The van der Waals surface area contributed by atoms with Crippen LogP contribution >= 0.6 is 0 Å². The summed E-state index contributed by atoms with van der Waals surface area (Å²) in [4.78, 5) is 4.43. The van der Waals surface area contributed by atoms with Gasteiger partial charge in [-0.15, -0.1) is 0 Å². The summed E-state index contributed by atoms with van der Waals surface area (Å²) < 4.78 is 2.24. The molecule has 17 heavy (non-hydrogen) atoms. The third kappa shape index (κ3) is 2.50. The molecule has 0 saturated heterocycles. The Kier molecular flexibility index (Phi) is 3.79. The third-order valence-electron chi connectivity index (χ3n) is 3.62. The highest BCUT2D eigenvalue weighted by molar-refractivity contribution is 5.74. The third-order valence-corrected chi connectivity index (χ3v) is 3.62. The highest BCUT2D eigenvalue weighted by Gasteiger charge is 2.15. The Morgan fingerprint density at radius 2 is 2.12 bits per heavy atom. The maximum absolute atomic E-state index is 4.43. The Balaban J connectivity index is 2.22. The number of nitrogens with one attached hydrogen (secondary N) is 1. The maximum Gasteiger partial charge on any atom is 0.0958 e. The summed E-state index contributed by atoms with van der Waals surface area (Å²) in [6, 6.07) is 8.79. The molecular weight excluding hydrogens is 210 g/mol. The lowest BCUT2D eigenvalue weighted by atomic mass is 9.99. The van der Waals surface area contributed by atoms with E-state index in [1.165, 1.54) is 11.9 Å². The topological polar surface area (TPSA) is 29.9 Å². The highest BCUT2D eigenvalue weighted by atomic mass is 15.1. The van der Waals surface area contributed by atoms with Crippen molar-refractivity contribution >= 4 is 11.0 Å². The SMILES string of the molecule is CCC(C)C(Cn1cnc2ccccc21)NC. The fourth-order valence-electron chi connectivity index (χ4n) is 2.21. The van der Waals surface area contributed by atoms with Gasteiger partial charge in [0.25, 0.3) is 0 Å². The second kappa shape index (κ2) is 5.32. The molecule has 1 N–H and O–H groups in total. The summed E-state index contributed by atoms with van der Waals surface area (Å²) in [7, 11) is 2.04. The average molecular weight is 231 g/mol. The second-order valence-electron chi connectivity index (χ2n) is 4.67. The first-order chi connectivity index (χ1) is 8.26. The zero-order valence-corrected chi connectivity index (χ0v) is 10.9. The van der Waals surface area contributed by atoms with Gasteiger partial charge in [-0.25, -0.2) is 4.98 Å². The molecule has 92 valence electrons. The molecular formula is C14H21N3. The zero-order valence-electron chi connectivity index (χ0n) is 10.9. The smallest absolute Gasteiger partial charge is 0.0958 e. The first-order valence-corrected chi connectivity index (χ1v) is 6.33. The van der Waals surface area contributed by atoms with E-state index >= 15 is 0 Å². The van der Waals surface area contributed by atoms with Crippen molar-refractivity contribution < 1.29 is 0 Å². The Labute approximate surface area is 103 Å². The Bertz CT molecular complexity index is 475. The van der Waals surface area contributed by atoms with E-state index in [0.29, 0.717) is 12.0 Å². The van der Waals surface area contributed by atoms with Crippen molar-refractivity contribution in [1.82, 2.24) is 14.9 Å². The maximum atomic E-state index is 4.43. The van der Waals surface area contributed by atoms with Crippen LogP contribution in [-0.4, -0.2) is 22.6 Å². The normalized spacial score (nSPS) is 15.0. The fraction of sp³-hybridized carbons (Fsp3) is 0.500. The van der Waals surface area contributed by atoms with Crippen LogP contribution in [0.1, 0.15) is 20.3 Å². The number of imidazole rings is 1. The van der Waals surface area contributed by atoms with E-state index in [0.717, 1.165) is 12.1 Å². The van der Waals surface area contributed by atoms with E-state index < -0.39 is 0 Å². The van der Waals surface area contributed by atoms with Crippen molar-refractivity contribution in [1.29, 1.82) is 0 Å². The van der Waals surface area contributed by atoms with Crippen LogP contribution in [0.4, 0.5) is 0 Å². The predicted octanol–water partition coefficient (Wildman–Crippen LogP) is 2.67. The van der Waals surface area contributed by atoms with Gasteiger partial charge in [-0.1, -0.05) is 32.4 Å². The van der Waals surface area contributed by atoms with Gasteiger partial charge < -0.3 is 9.88 Å². The van der Waals surface area contributed by atoms with E-state index in [9.17, 15) is 0 Å². The number of hydrogen-bond acceptors (Lipinski definition) is 2. The molecule has 0 radical (unpaired) electrons. The van der Waals surface area contributed by atoms with Gasteiger partial charge in [0, 0.05) is 12.6 Å². The number of para-hydroxylation sites is 2. The molecule has 0 spiro atoms. The van der Waals surface area contributed by atoms with E-state index in [1.54, 1.807) is 0 Å². The second-order valence-corrected chi connectivity index (χ2v) is 4.67. The van der Waals surface area contributed by atoms with E-state index in [2.05, 4.69) is 46.9 Å². The molecule has 1 heterocycles. The lowest BCUT2D eigenvalue weighted by Crippen LogP contribution is -2.35. The quantitative estimate of drug-likeness (QED) is 0.857. The lowest BCUT2D eigenvalue weighted by Gasteiger charge is -2.23. The van der Waals surface area contributed by atoms with Crippen molar-refractivity contribution in [3.05, 3.63) is 30.6 Å². The first-order valence-electron chi connectivity index (χ1n) is 6.33. The molecule has 0 saturated carbocycles. The molecule has 3 nitrogen and oxygen atoms in total. The molecule has 0 amide bonds. The summed E-state index contributed by atoms with van der Waals surface area (Å²) in [6.45, 7) is 5.51. The number of rotatable bonds is 5. The minimum atomic E-state index is 0.498. The molecule has 1 aromatic heterocycles. The number of fused-ring (bicyclic) bond motifs is 1. The molecule has 0 aliphatic carbocycles. The number of nitrogens with zero attached hydrogens (tertiary/aromatic N) is 2. The fourth-order valence-corrected chi connectivity index (χ4v) is 2.21. The molecule has 2 atom stereocenters. The van der Waals surface area contributed by atoms with Gasteiger partial charge >= 0.3 is 0 Å². The van der Waals surface area contributed by atoms with Gasteiger partial charge in [0.05, 0.1) is 17.4 Å². The first kappa shape index (κ1) is 12.1. The molecule has 2 unspecified atom stereocenters. The number of aromatic nitrogens is 2. The van der Waals surface area contributed by atoms with Crippen LogP contribution in [0.5, 0.6) is 0 Å². The van der Waals surface area contributed by atoms with Crippen LogP contribution in [-0.2, 0) is 6.54 Å². The van der Waals surface area contributed by atoms with E-state index in [1.807, 2.05) is 19.4 Å². The van der Waals surface area contributed by atoms with Gasteiger partial charge in [-0.2, -0.15) is 0 Å². The van der Waals surface area contributed by atoms with Crippen LogP contribution < -0.4 is 5.32 Å². The van der Waals surface area contributed by atoms with Crippen molar-refractivity contribution in [2.24, 2.45) is 5.92 Å². The minimum absolute atomic E-state index is 0.498. The lowest BCUT2D eigenvalue weighted by molar-refractivity contribution is 0.351. The molecule has 0 bridgehead atoms. The molecule has 0 aliphatic heterocycles.